The van der Waals surface area contributed by atoms with Crippen molar-refractivity contribution in [1.82, 2.24) is 10.6 Å². The third kappa shape index (κ3) is 3.52. The second-order valence-electron chi connectivity index (χ2n) is 7.43. The maximum Gasteiger partial charge on any atom is 0.252 e. The maximum absolute atomic E-state index is 12.7. The van der Waals surface area contributed by atoms with E-state index in [0.29, 0.717) is 0 Å². The normalized spacial score (nSPS) is 39.2. The molecule has 2 amide bonds. The van der Waals surface area contributed by atoms with Crippen LogP contribution in [-0.2, 0) is 33.3 Å². The molecule has 9 heteroatoms. The fourth-order valence-corrected chi connectivity index (χ4v) is 3.40. The molecule has 9 nitrogen and oxygen atoms in total. The lowest BCUT2D eigenvalue weighted by atomic mass is 9.98. The Hall–Kier alpha value is -1.26. The fourth-order valence-electron chi connectivity index (χ4n) is 3.40. The number of fused-ring (bicyclic) bond motifs is 3. The van der Waals surface area contributed by atoms with Gasteiger partial charge in [0.1, 0.15) is 24.4 Å². The average molecular weight is 358 g/mol. The lowest BCUT2D eigenvalue weighted by Crippen LogP contribution is -2.61. The first-order valence-electron chi connectivity index (χ1n) is 8.42. The van der Waals surface area contributed by atoms with Gasteiger partial charge in [-0.3, -0.25) is 9.59 Å². The highest BCUT2D eigenvalue weighted by atomic mass is 16.9. The van der Waals surface area contributed by atoms with Gasteiger partial charge < -0.3 is 34.3 Å². The Morgan fingerprint density at radius 3 is 2.12 bits per heavy atom. The Bertz CT molecular complexity index is 565. The number of nitrogens with one attached hydrogen (secondary N) is 2. The lowest BCUT2D eigenvalue weighted by Gasteiger charge is -2.36. The highest BCUT2D eigenvalue weighted by molar-refractivity contribution is 5.89. The lowest BCUT2D eigenvalue weighted by molar-refractivity contribution is -0.231. The minimum atomic E-state index is -0.974. The predicted molar refractivity (Wildman–Crippen MR) is 84.2 cm³/mol. The number of ether oxygens (including phenoxy) is 5. The van der Waals surface area contributed by atoms with E-state index >= 15 is 0 Å². The van der Waals surface area contributed by atoms with Crippen molar-refractivity contribution in [3.63, 3.8) is 0 Å². The number of hydrogen-bond acceptors (Lipinski definition) is 7. The summed E-state index contributed by atoms with van der Waals surface area (Å²) >= 11 is 0. The first kappa shape index (κ1) is 18.5. The molecule has 6 atom stereocenters. The van der Waals surface area contributed by atoms with Crippen LogP contribution in [0.4, 0.5) is 0 Å². The van der Waals surface area contributed by atoms with Crippen molar-refractivity contribution in [3.8, 4) is 0 Å². The summed E-state index contributed by atoms with van der Waals surface area (Å²) in [4.78, 5) is 24.3. The summed E-state index contributed by atoms with van der Waals surface area (Å²) in [6, 6.07) is -0.704. The molecule has 0 saturated carbocycles. The number of carbonyl (C=O) groups excluding carboxylic acids is 2. The van der Waals surface area contributed by atoms with E-state index in [-0.39, 0.29) is 5.91 Å². The van der Waals surface area contributed by atoms with Crippen LogP contribution < -0.4 is 10.6 Å². The summed E-state index contributed by atoms with van der Waals surface area (Å²) in [7, 11) is 1.50. The van der Waals surface area contributed by atoms with Gasteiger partial charge in [-0.25, -0.2) is 0 Å². The van der Waals surface area contributed by atoms with E-state index in [4.69, 9.17) is 23.7 Å². The summed E-state index contributed by atoms with van der Waals surface area (Å²) in [5, 5.41) is 5.12. The van der Waals surface area contributed by atoms with Gasteiger partial charge in [0.05, 0.1) is 0 Å². The minimum absolute atomic E-state index is 0.302. The summed E-state index contributed by atoms with van der Waals surface area (Å²) in [6.07, 6.45) is -3.40. The first-order valence-corrected chi connectivity index (χ1v) is 8.42. The zero-order valence-corrected chi connectivity index (χ0v) is 15.3. The quantitative estimate of drug-likeness (QED) is 0.709. The Morgan fingerprint density at radius 2 is 1.48 bits per heavy atom. The summed E-state index contributed by atoms with van der Waals surface area (Å²) < 4.78 is 29.3. The highest BCUT2D eigenvalue weighted by Crippen LogP contribution is 2.44. The standard InChI is InChI=1S/C16H26N2O7/c1-7(12(19)17-6)18-13(20)10-8-9(23-15(2,3)22-8)11-14(21-10)25-16(4,5)24-11/h7-11,14H,1-6H3,(H,17,19)(H,18,20). The van der Waals surface area contributed by atoms with Crippen molar-refractivity contribution in [3.05, 3.63) is 0 Å². The van der Waals surface area contributed by atoms with Crippen molar-refractivity contribution < 1.29 is 33.3 Å². The molecule has 3 heterocycles. The van der Waals surface area contributed by atoms with Gasteiger partial charge in [0.15, 0.2) is 24.0 Å². The third-order valence-corrected chi connectivity index (χ3v) is 4.41. The smallest absolute Gasteiger partial charge is 0.252 e. The molecule has 6 unspecified atom stereocenters. The molecule has 3 fully saturated rings. The van der Waals surface area contributed by atoms with Crippen LogP contribution in [0, 0.1) is 0 Å². The van der Waals surface area contributed by atoms with Crippen molar-refractivity contribution in [1.29, 1.82) is 0 Å². The topological polar surface area (TPSA) is 104 Å². The molecule has 25 heavy (non-hydrogen) atoms. The van der Waals surface area contributed by atoms with Crippen molar-refractivity contribution >= 4 is 11.8 Å². The molecular formula is C16H26N2O7. The molecule has 3 rings (SSSR count). The second-order valence-corrected chi connectivity index (χ2v) is 7.43. The summed E-state index contributed by atoms with van der Waals surface area (Å²) in [6.45, 7) is 8.67. The zero-order valence-electron chi connectivity index (χ0n) is 15.3. The van der Waals surface area contributed by atoms with Crippen LogP contribution in [0.3, 0.4) is 0 Å². The van der Waals surface area contributed by atoms with Crippen molar-refractivity contribution in [2.24, 2.45) is 0 Å². The minimum Gasteiger partial charge on any atom is -0.357 e. The van der Waals surface area contributed by atoms with E-state index in [0.717, 1.165) is 0 Å². The SMILES string of the molecule is CNC(=O)C(C)NC(=O)C1OC2OC(C)(C)OC2C2OC(C)(C)OC12. The van der Waals surface area contributed by atoms with Gasteiger partial charge >= 0.3 is 0 Å². The molecule has 3 aliphatic rings. The Labute approximate surface area is 146 Å². The number of carbonyl (C=O) groups is 2. The molecule has 0 bridgehead atoms. The van der Waals surface area contributed by atoms with E-state index < -0.39 is 54.2 Å². The van der Waals surface area contributed by atoms with Crippen LogP contribution in [0.25, 0.3) is 0 Å². The van der Waals surface area contributed by atoms with Crippen molar-refractivity contribution in [2.45, 2.75) is 82.9 Å². The molecular weight excluding hydrogens is 332 g/mol. The summed E-state index contributed by atoms with van der Waals surface area (Å²) in [5.74, 6) is -2.49. The van der Waals surface area contributed by atoms with Crippen LogP contribution in [0.2, 0.25) is 0 Å². The van der Waals surface area contributed by atoms with Gasteiger partial charge in [-0.1, -0.05) is 0 Å². The Balaban J connectivity index is 1.80. The van der Waals surface area contributed by atoms with Crippen LogP contribution in [0.5, 0.6) is 0 Å². The fraction of sp³-hybridized carbons (Fsp3) is 0.875. The Morgan fingerprint density at radius 1 is 0.920 bits per heavy atom. The molecule has 3 saturated heterocycles. The molecule has 2 N–H and O–H groups in total. The molecule has 142 valence electrons. The number of amides is 2. The van der Waals surface area contributed by atoms with E-state index in [9.17, 15) is 9.59 Å². The largest absolute Gasteiger partial charge is 0.357 e. The van der Waals surface area contributed by atoms with Gasteiger partial charge in [0.2, 0.25) is 5.91 Å². The number of rotatable bonds is 3. The first-order chi connectivity index (χ1) is 11.5. The second kappa shape index (κ2) is 6.17. The van der Waals surface area contributed by atoms with E-state index in [2.05, 4.69) is 10.6 Å². The van der Waals surface area contributed by atoms with Crippen molar-refractivity contribution in [2.75, 3.05) is 7.05 Å². The van der Waals surface area contributed by atoms with Gasteiger partial charge in [-0.05, 0) is 34.6 Å². The molecule has 0 aliphatic carbocycles. The van der Waals surface area contributed by atoms with Gasteiger partial charge in [-0.2, -0.15) is 0 Å². The maximum atomic E-state index is 12.7. The van der Waals surface area contributed by atoms with Gasteiger partial charge in [-0.15, -0.1) is 0 Å². The average Bonchev–Trinajstić information content (AvgIpc) is 2.99. The highest BCUT2D eigenvalue weighted by Gasteiger charge is 2.62. The molecule has 0 aromatic carbocycles. The molecule has 0 aromatic rings. The van der Waals surface area contributed by atoms with Crippen LogP contribution >= 0.6 is 0 Å². The molecule has 0 spiro atoms. The summed E-state index contributed by atoms with van der Waals surface area (Å²) in [5.41, 5.74) is 0. The molecule has 0 aromatic heterocycles. The van der Waals surface area contributed by atoms with E-state index in [1.807, 2.05) is 0 Å². The van der Waals surface area contributed by atoms with E-state index in [1.165, 1.54) is 7.05 Å². The van der Waals surface area contributed by atoms with Crippen LogP contribution in [-0.4, -0.2) is 67.2 Å². The predicted octanol–water partition coefficient (Wildman–Crippen LogP) is -0.366. The monoisotopic (exact) mass is 358 g/mol. The van der Waals surface area contributed by atoms with Crippen LogP contribution in [0.15, 0.2) is 0 Å². The van der Waals surface area contributed by atoms with E-state index in [1.54, 1.807) is 34.6 Å². The Kier molecular flexibility index (Phi) is 4.57. The molecule has 0 radical (unpaired) electrons. The number of likely N-dealkylation sites (N-methyl/N-ethyl adjacent to an activating group) is 1. The number of hydrogen-bond donors (Lipinski definition) is 2. The zero-order chi connectivity index (χ0) is 18.6. The van der Waals surface area contributed by atoms with Crippen LogP contribution in [0.1, 0.15) is 34.6 Å². The van der Waals surface area contributed by atoms with Gasteiger partial charge in [0, 0.05) is 7.05 Å². The van der Waals surface area contributed by atoms with Gasteiger partial charge in [0.25, 0.3) is 5.91 Å². The third-order valence-electron chi connectivity index (χ3n) is 4.41. The molecule has 3 aliphatic heterocycles.